The number of hydrogen-bond donors (Lipinski definition) is 1. The number of nitrogens with zero attached hydrogens (tertiary/aromatic N) is 3. The molecule has 126 valence electrons. The molecular weight excluding hydrogens is 296 g/mol. The van der Waals surface area contributed by atoms with Gasteiger partial charge in [-0.15, -0.1) is 0 Å². The number of nitrogens with one attached hydrogen (secondary N) is 1. The second kappa shape index (κ2) is 7.61. The summed E-state index contributed by atoms with van der Waals surface area (Å²) in [7, 11) is 2.07. The van der Waals surface area contributed by atoms with E-state index in [1.54, 1.807) is 6.20 Å². The first-order valence-corrected chi connectivity index (χ1v) is 8.12. The van der Waals surface area contributed by atoms with Crippen LogP contribution in [0.5, 0.6) is 5.88 Å². The molecule has 3 rings (SSSR count). The second-order valence-corrected chi connectivity index (χ2v) is 6.03. The number of piperazine rings is 1. The Bertz CT molecular complexity index is 505. The third-order valence-corrected chi connectivity index (χ3v) is 4.31. The summed E-state index contributed by atoms with van der Waals surface area (Å²) in [6.07, 6.45) is 2.23. The van der Waals surface area contributed by atoms with Gasteiger partial charge in [0.05, 0.1) is 12.6 Å². The van der Waals surface area contributed by atoms with Crippen molar-refractivity contribution < 1.29 is 14.3 Å². The Morgan fingerprint density at radius 3 is 2.91 bits per heavy atom. The van der Waals surface area contributed by atoms with Crippen molar-refractivity contribution in [3.63, 3.8) is 0 Å². The Balaban J connectivity index is 1.57. The van der Waals surface area contributed by atoms with Gasteiger partial charge in [-0.1, -0.05) is 6.07 Å². The SMILES string of the molecule is CN1CCN(C(=O)N[C@@H]2CCOC[C@H]2Oc2ccccn2)CC1. The first kappa shape index (κ1) is 16.0. The molecule has 0 unspecified atom stereocenters. The van der Waals surface area contributed by atoms with Gasteiger partial charge in [0.15, 0.2) is 0 Å². The van der Waals surface area contributed by atoms with Crippen LogP contribution in [0.1, 0.15) is 6.42 Å². The number of likely N-dealkylation sites (N-methyl/N-ethyl adjacent to an activating group) is 1. The number of hydrogen-bond acceptors (Lipinski definition) is 5. The molecule has 2 fully saturated rings. The molecule has 1 aromatic heterocycles. The van der Waals surface area contributed by atoms with Crippen LogP contribution < -0.4 is 10.1 Å². The molecule has 23 heavy (non-hydrogen) atoms. The first-order chi connectivity index (χ1) is 11.2. The highest BCUT2D eigenvalue weighted by Gasteiger charge is 2.31. The van der Waals surface area contributed by atoms with E-state index >= 15 is 0 Å². The van der Waals surface area contributed by atoms with Gasteiger partial charge in [0, 0.05) is 45.0 Å². The summed E-state index contributed by atoms with van der Waals surface area (Å²) in [4.78, 5) is 20.7. The predicted octanol–water partition coefficient (Wildman–Crippen LogP) is 0.575. The minimum atomic E-state index is -0.213. The molecule has 2 amide bonds. The monoisotopic (exact) mass is 320 g/mol. The lowest BCUT2D eigenvalue weighted by molar-refractivity contribution is -0.0150. The van der Waals surface area contributed by atoms with Crippen LogP contribution in [-0.2, 0) is 4.74 Å². The Kier molecular flexibility index (Phi) is 5.30. The molecule has 7 heteroatoms. The molecule has 2 aliphatic heterocycles. The summed E-state index contributed by atoms with van der Waals surface area (Å²) in [5.74, 6) is 0.557. The van der Waals surface area contributed by atoms with Crippen molar-refractivity contribution in [1.82, 2.24) is 20.1 Å². The topological polar surface area (TPSA) is 66.9 Å². The van der Waals surface area contributed by atoms with E-state index in [2.05, 4.69) is 22.2 Å². The highest BCUT2D eigenvalue weighted by atomic mass is 16.5. The van der Waals surface area contributed by atoms with E-state index in [1.807, 2.05) is 23.1 Å². The maximum absolute atomic E-state index is 12.5. The standard InChI is InChI=1S/C16H24N4O3/c1-19-7-9-20(10-8-19)16(21)18-13-5-11-22-12-14(13)23-15-4-2-3-6-17-15/h2-4,6,13-14H,5,7-12H2,1H3,(H,18,21)/t13-,14-/m1/s1. The fraction of sp³-hybridized carbons (Fsp3) is 0.625. The highest BCUT2D eigenvalue weighted by Crippen LogP contribution is 2.16. The molecule has 0 radical (unpaired) electrons. The van der Waals surface area contributed by atoms with Crippen LogP contribution in [0.2, 0.25) is 0 Å². The summed E-state index contributed by atoms with van der Waals surface area (Å²) in [6, 6.07) is 5.46. The number of pyridine rings is 1. The number of urea groups is 1. The van der Waals surface area contributed by atoms with Gasteiger partial charge in [-0.25, -0.2) is 9.78 Å². The van der Waals surface area contributed by atoms with E-state index in [0.717, 1.165) is 32.6 Å². The van der Waals surface area contributed by atoms with E-state index in [1.165, 1.54) is 0 Å². The van der Waals surface area contributed by atoms with Crippen molar-refractivity contribution in [2.24, 2.45) is 0 Å². The van der Waals surface area contributed by atoms with E-state index in [4.69, 9.17) is 9.47 Å². The van der Waals surface area contributed by atoms with Gasteiger partial charge in [-0.2, -0.15) is 0 Å². The Morgan fingerprint density at radius 1 is 1.35 bits per heavy atom. The average molecular weight is 320 g/mol. The van der Waals surface area contributed by atoms with Crippen molar-refractivity contribution in [1.29, 1.82) is 0 Å². The Hall–Kier alpha value is -1.86. The molecule has 2 saturated heterocycles. The van der Waals surface area contributed by atoms with Crippen molar-refractivity contribution in [2.45, 2.75) is 18.6 Å². The Morgan fingerprint density at radius 2 is 2.17 bits per heavy atom. The summed E-state index contributed by atoms with van der Waals surface area (Å²) >= 11 is 0. The van der Waals surface area contributed by atoms with Crippen LogP contribution in [0, 0.1) is 0 Å². The number of rotatable bonds is 3. The summed E-state index contributed by atoms with van der Waals surface area (Å²) < 4.78 is 11.4. The molecule has 1 aromatic rings. The van der Waals surface area contributed by atoms with Gasteiger partial charge < -0.3 is 24.6 Å². The molecule has 0 spiro atoms. The number of ether oxygens (including phenoxy) is 2. The first-order valence-electron chi connectivity index (χ1n) is 8.12. The zero-order valence-corrected chi connectivity index (χ0v) is 13.5. The third-order valence-electron chi connectivity index (χ3n) is 4.31. The summed E-state index contributed by atoms with van der Waals surface area (Å²) in [5, 5.41) is 3.11. The maximum atomic E-state index is 12.5. The summed E-state index contributed by atoms with van der Waals surface area (Å²) in [5.41, 5.74) is 0. The second-order valence-electron chi connectivity index (χ2n) is 6.03. The molecule has 7 nitrogen and oxygen atoms in total. The fourth-order valence-electron chi connectivity index (χ4n) is 2.82. The van der Waals surface area contributed by atoms with E-state index in [-0.39, 0.29) is 18.2 Å². The van der Waals surface area contributed by atoms with Crippen LogP contribution in [0.3, 0.4) is 0 Å². The minimum Gasteiger partial charge on any atom is -0.470 e. The molecule has 0 aliphatic carbocycles. The van der Waals surface area contributed by atoms with Crippen LogP contribution in [0.15, 0.2) is 24.4 Å². The number of carbonyl (C=O) groups excluding carboxylic acids is 1. The number of amides is 2. The van der Waals surface area contributed by atoms with Gasteiger partial charge in [-0.05, 0) is 19.5 Å². The Labute approximate surface area is 136 Å². The van der Waals surface area contributed by atoms with Crippen molar-refractivity contribution >= 4 is 6.03 Å². The molecule has 0 bridgehead atoms. The minimum absolute atomic E-state index is 0.0142. The van der Waals surface area contributed by atoms with Crippen molar-refractivity contribution in [3.8, 4) is 5.88 Å². The molecule has 0 aromatic carbocycles. The lowest BCUT2D eigenvalue weighted by Crippen LogP contribution is -2.57. The predicted molar refractivity (Wildman–Crippen MR) is 85.5 cm³/mol. The fourth-order valence-corrected chi connectivity index (χ4v) is 2.82. The third kappa shape index (κ3) is 4.33. The van der Waals surface area contributed by atoms with Crippen LogP contribution in [-0.4, -0.2) is 79.4 Å². The smallest absolute Gasteiger partial charge is 0.317 e. The number of aromatic nitrogens is 1. The molecule has 3 heterocycles. The van der Waals surface area contributed by atoms with Crippen LogP contribution >= 0.6 is 0 Å². The zero-order chi connectivity index (χ0) is 16.1. The molecular formula is C16H24N4O3. The summed E-state index contributed by atoms with van der Waals surface area (Å²) in [6.45, 7) is 4.44. The van der Waals surface area contributed by atoms with Gasteiger partial charge >= 0.3 is 6.03 Å². The van der Waals surface area contributed by atoms with Crippen LogP contribution in [0.4, 0.5) is 4.79 Å². The largest absolute Gasteiger partial charge is 0.470 e. The average Bonchev–Trinajstić information content (AvgIpc) is 2.58. The normalized spacial score (nSPS) is 25.9. The zero-order valence-electron chi connectivity index (χ0n) is 13.5. The lowest BCUT2D eigenvalue weighted by Gasteiger charge is -2.36. The van der Waals surface area contributed by atoms with Gasteiger partial charge in [0.2, 0.25) is 5.88 Å². The quantitative estimate of drug-likeness (QED) is 0.882. The van der Waals surface area contributed by atoms with Crippen LogP contribution in [0.25, 0.3) is 0 Å². The molecule has 1 N–H and O–H groups in total. The van der Waals surface area contributed by atoms with Gasteiger partial charge in [0.25, 0.3) is 0 Å². The molecule has 2 atom stereocenters. The van der Waals surface area contributed by atoms with E-state index < -0.39 is 0 Å². The van der Waals surface area contributed by atoms with Gasteiger partial charge in [0.1, 0.15) is 6.10 Å². The molecule has 0 saturated carbocycles. The van der Waals surface area contributed by atoms with Gasteiger partial charge in [-0.3, -0.25) is 0 Å². The number of carbonyl (C=O) groups is 1. The maximum Gasteiger partial charge on any atom is 0.317 e. The van der Waals surface area contributed by atoms with Crippen molar-refractivity contribution in [2.75, 3.05) is 46.4 Å². The molecule has 2 aliphatic rings. The van der Waals surface area contributed by atoms with E-state index in [0.29, 0.717) is 19.1 Å². The van der Waals surface area contributed by atoms with E-state index in [9.17, 15) is 4.79 Å². The highest BCUT2D eigenvalue weighted by molar-refractivity contribution is 5.74. The lowest BCUT2D eigenvalue weighted by atomic mass is 10.1. The van der Waals surface area contributed by atoms with Crippen molar-refractivity contribution in [3.05, 3.63) is 24.4 Å².